The van der Waals surface area contributed by atoms with Crippen LogP contribution in [-0.4, -0.2) is 0 Å². The summed E-state index contributed by atoms with van der Waals surface area (Å²) >= 11 is 5.52. The lowest BCUT2D eigenvalue weighted by molar-refractivity contribution is -0.137. The van der Waals surface area contributed by atoms with Crippen molar-refractivity contribution in [2.75, 3.05) is 5.32 Å². The molecule has 18 heavy (non-hydrogen) atoms. The highest BCUT2D eigenvalue weighted by atomic mass is 35.5. The molecule has 0 aliphatic heterocycles. The van der Waals surface area contributed by atoms with E-state index >= 15 is 0 Å². The van der Waals surface area contributed by atoms with Gasteiger partial charge in [0.05, 0.1) is 23.1 Å². The number of hydrogen-bond acceptors (Lipinski definition) is 2. The average molecular weight is 276 g/mol. The highest BCUT2D eigenvalue weighted by Crippen LogP contribution is 2.36. The summed E-state index contributed by atoms with van der Waals surface area (Å²) in [6, 6.07) is 5.44. The van der Waals surface area contributed by atoms with Crippen molar-refractivity contribution >= 4 is 17.3 Å². The monoisotopic (exact) mass is 275 g/mol. The maximum Gasteiger partial charge on any atom is 0.417 e. The van der Waals surface area contributed by atoms with Crippen molar-refractivity contribution in [3.05, 3.63) is 52.9 Å². The van der Waals surface area contributed by atoms with Gasteiger partial charge < -0.3 is 9.73 Å². The topological polar surface area (TPSA) is 25.2 Å². The van der Waals surface area contributed by atoms with Gasteiger partial charge in [-0.25, -0.2) is 0 Å². The fourth-order valence-electron chi connectivity index (χ4n) is 1.45. The zero-order chi connectivity index (χ0) is 13.2. The summed E-state index contributed by atoms with van der Waals surface area (Å²) in [5.41, 5.74) is 0.354. The van der Waals surface area contributed by atoms with E-state index in [9.17, 15) is 13.2 Å². The number of hydrogen-bond donors (Lipinski definition) is 1. The molecule has 0 bridgehead atoms. The fraction of sp³-hybridized carbons (Fsp3) is 0.167. The first-order valence-electron chi connectivity index (χ1n) is 5.08. The summed E-state index contributed by atoms with van der Waals surface area (Å²) < 4.78 is 42.7. The molecule has 0 aliphatic rings. The van der Waals surface area contributed by atoms with Crippen LogP contribution in [-0.2, 0) is 12.7 Å². The lowest BCUT2D eigenvalue weighted by Gasteiger charge is -2.11. The maximum absolute atomic E-state index is 12.6. The molecule has 0 saturated carbocycles. The lowest BCUT2D eigenvalue weighted by Crippen LogP contribution is -2.07. The van der Waals surface area contributed by atoms with Gasteiger partial charge in [-0.15, -0.1) is 0 Å². The van der Waals surface area contributed by atoms with Crippen molar-refractivity contribution in [1.82, 2.24) is 0 Å². The quantitative estimate of drug-likeness (QED) is 0.888. The minimum absolute atomic E-state index is 0.309. The van der Waals surface area contributed by atoms with Crippen LogP contribution in [0.25, 0.3) is 0 Å². The summed E-state index contributed by atoms with van der Waals surface area (Å²) in [7, 11) is 0. The Labute approximate surface area is 106 Å². The predicted molar refractivity (Wildman–Crippen MR) is 62.5 cm³/mol. The summed E-state index contributed by atoms with van der Waals surface area (Å²) in [4.78, 5) is 0. The van der Waals surface area contributed by atoms with E-state index in [1.807, 2.05) is 0 Å². The Morgan fingerprint density at radius 3 is 2.61 bits per heavy atom. The largest absolute Gasteiger partial charge is 0.472 e. The molecule has 96 valence electrons. The van der Waals surface area contributed by atoms with E-state index in [2.05, 4.69) is 5.32 Å². The fourth-order valence-corrected chi connectivity index (χ4v) is 1.67. The highest BCUT2D eigenvalue weighted by molar-refractivity contribution is 6.31. The van der Waals surface area contributed by atoms with E-state index < -0.39 is 11.7 Å². The molecule has 0 fully saturated rings. The van der Waals surface area contributed by atoms with Gasteiger partial charge in [-0.2, -0.15) is 13.2 Å². The third kappa shape index (κ3) is 2.98. The Hall–Kier alpha value is -1.62. The minimum atomic E-state index is -4.45. The molecule has 1 aromatic heterocycles. The van der Waals surface area contributed by atoms with Crippen LogP contribution in [0, 0.1) is 0 Å². The van der Waals surface area contributed by atoms with Crippen LogP contribution in [0.15, 0.2) is 41.2 Å². The van der Waals surface area contributed by atoms with Crippen LogP contribution in [0.3, 0.4) is 0 Å². The molecular formula is C12H9ClF3NO. The molecule has 0 unspecified atom stereocenters. The van der Waals surface area contributed by atoms with Crippen LogP contribution in [0.1, 0.15) is 11.1 Å². The van der Waals surface area contributed by atoms with E-state index in [0.717, 1.165) is 11.6 Å². The van der Waals surface area contributed by atoms with Crippen LogP contribution in [0.2, 0.25) is 5.02 Å². The van der Waals surface area contributed by atoms with E-state index in [0.29, 0.717) is 12.2 Å². The normalized spacial score (nSPS) is 11.6. The first-order valence-corrected chi connectivity index (χ1v) is 5.46. The Balaban J connectivity index is 2.15. The van der Waals surface area contributed by atoms with E-state index in [1.54, 1.807) is 6.07 Å². The molecule has 6 heteroatoms. The predicted octanol–water partition coefficient (Wildman–Crippen LogP) is 4.56. The van der Waals surface area contributed by atoms with Crippen molar-refractivity contribution in [2.45, 2.75) is 12.7 Å². The van der Waals surface area contributed by atoms with E-state index in [1.165, 1.54) is 24.7 Å². The SMILES string of the molecule is FC(F)(F)c1cc(NCc2ccoc2)ccc1Cl. The highest BCUT2D eigenvalue weighted by Gasteiger charge is 2.33. The second kappa shape index (κ2) is 4.94. The minimum Gasteiger partial charge on any atom is -0.472 e. The first kappa shape index (κ1) is 12.8. The first-order chi connectivity index (χ1) is 8.47. The summed E-state index contributed by atoms with van der Waals surface area (Å²) in [5, 5.41) is 2.56. The summed E-state index contributed by atoms with van der Waals surface area (Å²) in [5.74, 6) is 0. The van der Waals surface area contributed by atoms with E-state index in [4.69, 9.17) is 16.0 Å². The molecule has 0 radical (unpaired) electrons. The standard InChI is InChI=1S/C12H9ClF3NO/c13-11-2-1-9(5-10(11)12(14,15)16)17-6-8-3-4-18-7-8/h1-5,7,17H,6H2. The van der Waals surface area contributed by atoms with Crippen molar-refractivity contribution in [2.24, 2.45) is 0 Å². The third-order valence-electron chi connectivity index (χ3n) is 2.35. The molecule has 1 heterocycles. The second-order valence-electron chi connectivity index (χ2n) is 3.68. The Kier molecular flexibility index (Phi) is 3.52. The van der Waals surface area contributed by atoms with Crippen LogP contribution in [0.5, 0.6) is 0 Å². The van der Waals surface area contributed by atoms with Gasteiger partial charge in [0, 0.05) is 17.8 Å². The number of rotatable bonds is 3. The number of benzene rings is 1. The number of halogens is 4. The van der Waals surface area contributed by atoms with Crippen molar-refractivity contribution < 1.29 is 17.6 Å². The molecule has 1 aromatic carbocycles. The Bertz CT molecular complexity index is 523. The molecule has 0 spiro atoms. The molecule has 2 aromatic rings. The molecule has 0 atom stereocenters. The molecule has 2 rings (SSSR count). The molecule has 0 amide bonds. The summed E-state index contributed by atoms with van der Waals surface area (Å²) in [6.45, 7) is 0.384. The van der Waals surface area contributed by atoms with Gasteiger partial charge in [-0.1, -0.05) is 11.6 Å². The number of alkyl halides is 3. The van der Waals surface area contributed by atoms with Gasteiger partial charge in [0.1, 0.15) is 0 Å². The van der Waals surface area contributed by atoms with Crippen molar-refractivity contribution in [3.63, 3.8) is 0 Å². The summed E-state index contributed by atoms with van der Waals surface area (Å²) in [6.07, 6.45) is -1.43. The Morgan fingerprint density at radius 2 is 2.00 bits per heavy atom. The van der Waals surface area contributed by atoms with Crippen molar-refractivity contribution in [1.29, 1.82) is 0 Å². The van der Waals surface area contributed by atoms with Crippen LogP contribution in [0.4, 0.5) is 18.9 Å². The molecule has 0 aliphatic carbocycles. The number of furan rings is 1. The smallest absolute Gasteiger partial charge is 0.417 e. The second-order valence-corrected chi connectivity index (χ2v) is 4.08. The van der Waals surface area contributed by atoms with Gasteiger partial charge in [0.2, 0.25) is 0 Å². The van der Waals surface area contributed by atoms with Gasteiger partial charge in [0.15, 0.2) is 0 Å². The van der Waals surface area contributed by atoms with Gasteiger partial charge in [-0.3, -0.25) is 0 Å². The number of nitrogens with one attached hydrogen (secondary N) is 1. The van der Waals surface area contributed by atoms with Gasteiger partial charge in [0.25, 0.3) is 0 Å². The Morgan fingerprint density at radius 1 is 1.22 bits per heavy atom. The lowest BCUT2D eigenvalue weighted by atomic mass is 10.2. The van der Waals surface area contributed by atoms with Crippen molar-refractivity contribution in [3.8, 4) is 0 Å². The zero-order valence-corrected chi connectivity index (χ0v) is 9.85. The molecule has 2 nitrogen and oxygen atoms in total. The zero-order valence-electron chi connectivity index (χ0n) is 9.09. The number of anilines is 1. The molecule has 1 N–H and O–H groups in total. The third-order valence-corrected chi connectivity index (χ3v) is 2.68. The van der Waals surface area contributed by atoms with Gasteiger partial charge in [-0.05, 0) is 24.3 Å². The maximum atomic E-state index is 12.6. The molecule has 0 saturated heterocycles. The van der Waals surface area contributed by atoms with Gasteiger partial charge >= 0.3 is 6.18 Å². The van der Waals surface area contributed by atoms with E-state index in [-0.39, 0.29) is 5.02 Å². The van der Waals surface area contributed by atoms with Crippen LogP contribution >= 0.6 is 11.6 Å². The average Bonchev–Trinajstić information content (AvgIpc) is 2.79. The van der Waals surface area contributed by atoms with Crippen LogP contribution < -0.4 is 5.32 Å². The molecular weight excluding hydrogens is 267 g/mol.